The van der Waals surface area contributed by atoms with E-state index >= 15 is 0 Å². The SMILES string of the molecule is O=S(=O)(N/C=C/c1ccccc1)c1scc2c1OCO2. The fourth-order valence-electron chi connectivity index (χ4n) is 1.72. The molecule has 0 aliphatic carbocycles. The summed E-state index contributed by atoms with van der Waals surface area (Å²) in [6.07, 6.45) is 3.08. The molecule has 20 heavy (non-hydrogen) atoms. The van der Waals surface area contributed by atoms with Crippen LogP contribution in [0.2, 0.25) is 0 Å². The molecule has 3 rings (SSSR count). The molecular formula is C13H11NO4S2. The van der Waals surface area contributed by atoms with Crippen molar-refractivity contribution in [2.45, 2.75) is 4.21 Å². The third-order valence-electron chi connectivity index (χ3n) is 2.64. The second-order valence-corrected chi connectivity index (χ2v) is 6.78. The van der Waals surface area contributed by atoms with Gasteiger partial charge in [0.25, 0.3) is 10.0 Å². The summed E-state index contributed by atoms with van der Waals surface area (Å²) in [6, 6.07) is 9.42. The molecule has 1 aliphatic rings. The Morgan fingerprint density at radius 1 is 1.20 bits per heavy atom. The highest BCUT2D eigenvalue weighted by atomic mass is 32.2. The molecule has 2 aromatic rings. The van der Waals surface area contributed by atoms with Gasteiger partial charge in [-0.15, -0.1) is 11.3 Å². The summed E-state index contributed by atoms with van der Waals surface area (Å²) < 4.78 is 37.1. The molecule has 0 saturated heterocycles. The van der Waals surface area contributed by atoms with Crippen LogP contribution in [0.1, 0.15) is 5.56 Å². The van der Waals surface area contributed by atoms with Gasteiger partial charge >= 0.3 is 0 Å². The van der Waals surface area contributed by atoms with Crippen molar-refractivity contribution in [2.24, 2.45) is 0 Å². The Morgan fingerprint density at radius 3 is 2.80 bits per heavy atom. The number of benzene rings is 1. The molecule has 1 N–H and O–H groups in total. The van der Waals surface area contributed by atoms with Crippen LogP contribution in [0.4, 0.5) is 0 Å². The standard InChI is InChI=1S/C13H11NO4S2/c15-20(16,13-12-11(8-19-13)17-9-18-12)14-7-6-10-4-2-1-3-5-10/h1-8,14H,9H2/b7-6+. The number of nitrogens with one attached hydrogen (secondary N) is 1. The summed E-state index contributed by atoms with van der Waals surface area (Å²) in [4.78, 5) is 0. The third-order valence-corrected chi connectivity index (χ3v) is 5.44. The molecule has 0 spiro atoms. The molecule has 0 fully saturated rings. The molecule has 1 aromatic heterocycles. The number of sulfonamides is 1. The third kappa shape index (κ3) is 2.50. The van der Waals surface area contributed by atoms with Gasteiger partial charge in [0.1, 0.15) is 0 Å². The number of fused-ring (bicyclic) bond motifs is 1. The van der Waals surface area contributed by atoms with Gasteiger partial charge in [-0.2, -0.15) is 0 Å². The number of hydrogen-bond acceptors (Lipinski definition) is 5. The Morgan fingerprint density at radius 2 is 2.00 bits per heavy atom. The van der Waals surface area contributed by atoms with Crippen molar-refractivity contribution in [1.29, 1.82) is 0 Å². The fraction of sp³-hybridized carbons (Fsp3) is 0.0769. The largest absolute Gasteiger partial charge is 0.453 e. The first-order chi connectivity index (χ1) is 9.67. The van der Waals surface area contributed by atoms with E-state index in [1.807, 2.05) is 30.3 Å². The van der Waals surface area contributed by atoms with Crippen LogP contribution in [-0.4, -0.2) is 15.2 Å². The van der Waals surface area contributed by atoms with Gasteiger partial charge in [-0.3, -0.25) is 4.72 Å². The zero-order valence-corrected chi connectivity index (χ0v) is 11.9. The lowest BCUT2D eigenvalue weighted by Crippen LogP contribution is -2.17. The van der Waals surface area contributed by atoms with Gasteiger partial charge in [-0.05, 0) is 11.6 Å². The van der Waals surface area contributed by atoms with Crippen LogP contribution in [0.3, 0.4) is 0 Å². The molecular weight excluding hydrogens is 298 g/mol. The maximum atomic E-state index is 12.2. The molecule has 7 heteroatoms. The first kappa shape index (κ1) is 13.0. The number of ether oxygens (including phenoxy) is 2. The number of thiophene rings is 1. The molecule has 0 amide bonds. The molecule has 1 aliphatic heterocycles. The Kier molecular flexibility index (Phi) is 3.37. The Balaban J connectivity index is 1.78. The van der Waals surface area contributed by atoms with Crippen molar-refractivity contribution in [2.75, 3.05) is 6.79 Å². The number of hydrogen-bond donors (Lipinski definition) is 1. The van der Waals surface area contributed by atoms with Crippen LogP contribution in [0.5, 0.6) is 11.5 Å². The highest BCUT2D eigenvalue weighted by molar-refractivity contribution is 7.91. The van der Waals surface area contributed by atoms with Gasteiger partial charge < -0.3 is 9.47 Å². The summed E-state index contributed by atoms with van der Waals surface area (Å²) in [7, 11) is -3.64. The summed E-state index contributed by atoms with van der Waals surface area (Å²) in [5, 5.41) is 1.62. The molecule has 0 atom stereocenters. The summed E-state index contributed by atoms with van der Waals surface area (Å²) >= 11 is 1.07. The maximum Gasteiger partial charge on any atom is 0.274 e. The Hall–Kier alpha value is -1.99. The summed E-state index contributed by atoms with van der Waals surface area (Å²) in [6.45, 7) is 0.0562. The molecule has 0 radical (unpaired) electrons. The highest BCUT2D eigenvalue weighted by Crippen LogP contribution is 2.43. The highest BCUT2D eigenvalue weighted by Gasteiger charge is 2.28. The van der Waals surface area contributed by atoms with Crippen LogP contribution in [0.15, 0.2) is 46.1 Å². The molecule has 0 bridgehead atoms. The smallest absolute Gasteiger partial charge is 0.274 e. The molecule has 1 aromatic carbocycles. The topological polar surface area (TPSA) is 64.6 Å². The van der Waals surface area contributed by atoms with Crippen molar-refractivity contribution in [3.63, 3.8) is 0 Å². The average molecular weight is 309 g/mol. The van der Waals surface area contributed by atoms with Crippen molar-refractivity contribution in [3.05, 3.63) is 47.5 Å². The number of rotatable bonds is 4. The predicted molar refractivity (Wildman–Crippen MR) is 76.2 cm³/mol. The van der Waals surface area contributed by atoms with E-state index in [0.717, 1.165) is 16.9 Å². The fourth-order valence-corrected chi connectivity index (χ4v) is 3.93. The van der Waals surface area contributed by atoms with Crippen LogP contribution in [-0.2, 0) is 10.0 Å². The zero-order chi connectivity index (χ0) is 14.0. The van der Waals surface area contributed by atoms with E-state index < -0.39 is 10.0 Å². The van der Waals surface area contributed by atoms with Crippen molar-refractivity contribution >= 4 is 27.4 Å². The Bertz CT molecular complexity index is 735. The van der Waals surface area contributed by atoms with Gasteiger partial charge in [0, 0.05) is 11.6 Å². The molecule has 2 heterocycles. The van der Waals surface area contributed by atoms with E-state index in [1.54, 1.807) is 11.5 Å². The summed E-state index contributed by atoms with van der Waals surface area (Å²) in [5.41, 5.74) is 0.909. The normalized spacial score (nSPS) is 13.8. The van der Waals surface area contributed by atoms with E-state index in [9.17, 15) is 8.42 Å². The molecule has 0 unspecified atom stereocenters. The lowest BCUT2D eigenvalue weighted by Gasteiger charge is -2.02. The Labute approximate surface area is 120 Å². The molecule has 104 valence electrons. The lowest BCUT2D eigenvalue weighted by molar-refractivity contribution is 0.172. The summed E-state index contributed by atoms with van der Waals surface area (Å²) in [5.74, 6) is 0.762. The van der Waals surface area contributed by atoms with E-state index in [4.69, 9.17) is 9.47 Å². The molecule has 0 saturated carbocycles. The monoisotopic (exact) mass is 309 g/mol. The maximum absolute atomic E-state index is 12.2. The first-order valence-electron chi connectivity index (χ1n) is 5.78. The van der Waals surface area contributed by atoms with E-state index in [1.165, 1.54) is 6.20 Å². The van der Waals surface area contributed by atoms with E-state index in [2.05, 4.69) is 4.72 Å². The van der Waals surface area contributed by atoms with Crippen molar-refractivity contribution in [1.82, 2.24) is 4.72 Å². The minimum Gasteiger partial charge on any atom is -0.453 e. The van der Waals surface area contributed by atoms with E-state index in [-0.39, 0.29) is 16.8 Å². The van der Waals surface area contributed by atoms with Crippen LogP contribution < -0.4 is 14.2 Å². The van der Waals surface area contributed by atoms with Crippen LogP contribution >= 0.6 is 11.3 Å². The second-order valence-electron chi connectivity index (χ2n) is 3.99. The minimum atomic E-state index is -3.64. The van der Waals surface area contributed by atoms with Gasteiger partial charge in [0.15, 0.2) is 15.7 Å². The van der Waals surface area contributed by atoms with Gasteiger partial charge in [0.2, 0.25) is 6.79 Å². The lowest BCUT2D eigenvalue weighted by atomic mass is 10.2. The minimum absolute atomic E-state index is 0.0562. The van der Waals surface area contributed by atoms with Gasteiger partial charge in [-0.25, -0.2) is 8.42 Å². The molecule has 5 nitrogen and oxygen atoms in total. The zero-order valence-electron chi connectivity index (χ0n) is 10.3. The van der Waals surface area contributed by atoms with Crippen LogP contribution in [0, 0.1) is 0 Å². The van der Waals surface area contributed by atoms with Crippen molar-refractivity contribution in [3.8, 4) is 11.5 Å². The average Bonchev–Trinajstić information content (AvgIpc) is 3.01. The predicted octanol–water partition coefficient (Wildman–Crippen LogP) is 2.43. The van der Waals surface area contributed by atoms with Crippen LogP contribution in [0.25, 0.3) is 6.08 Å². The second kappa shape index (κ2) is 5.18. The van der Waals surface area contributed by atoms with Gasteiger partial charge in [0.05, 0.1) is 0 Å². The van der Waals surface area contributed by atoms with Gasteiger partial charge in [-0.1, -0.05) is 30.3 Å². The van der Waals surface area contributed by atoms with E-state index in [0.29, 0.717) is 5.75 Å². The first-order valence-corrected chi connectivity index (χ1v) is 8.14. The quantitative estimate of drug-likeness (QED) is 0.942. The van der Waals surface area contributed by atoms with Crippen molar-refractivity contribution < 1.29 is 17.9 Å².